The number of nitrogens with two attached hydrogens (primary N) is 1. The maximum Gasteiger partial charge on any atom is 0.326 e. The van der Waals surface area contributed by atoms with Crippen molar-refractivity contribution in [3.8, 4) is 0 Å². The second-order valence-electron chi connectivity index (χ2n) is 3.93. The highest BCUT2D eigenvalue weighted by Gasteiger charge is 2.21. The number of imidazole rings is 1. The van der Waals surface area contributed by atoms with Gasteiger partial charge in [-0.2, -0.15) is 0 Å². The summed E-state index contributed by atoms with van der Waals surface area (Å²) in [4.78, 5) is 26.5. The molecule has 0 saturated heterocycles. The SMILES string of the molecule is [2H]Cn1cnc(C[C@H](NC(=O)CCCN)C(=O)O)c1. The minimum absolute atomic E-state index is 0.0214. The average Bonchev–Trinajstić information content (AvgIpc) is 2.83. The molecule has 1 heterocycles. The normalized spacial score (nSPS) is 12.8. The van der Waals surface area contributed by atoms with Gasteiger partial charge >= 0.3 is 5.97 Å². The number of rotatable bonds is 7. The van der Waals surface area contributed by atoms with Crippen molar-refractivity contribution < 1.29 is 16.1 Å². The van der Waals surface area contributed by atoms with Gasteiger partial charge in [-0.25, -0.2) is 9.78 Å². The molecule has 0 aliphatic heterocycles. The van der Waals surface area contributed by atoms with Gasteiger partial charge in [-0.1, -0.05) is 0 Å². The molecule has 1 rings (SSSR count). The van der Waals surface area contributed by atoms with Crippen LogP contribution in [-0.2, 0) is 23.0 Å². The van der Waals surface area contributed by atoms with Gasteiger partial charge in [0, 0.05) is 27.4 Å². The predicted molar refractivity (Wildman–Crippen MR) is 64.8 cm³/mol. The molecule has 1 aromatic heterocycles. The van der Waals surface area contributed by atoms with Crippen LogP contribution in [0.3, 0.4) is 0 Å². The number of hydrogen-bond acceptors (Lipinski definition) is 4. The average molecular weight is 255 g/mol. The first-order valence-corrected chi connectivity index (χ1v) is 5.59. The van der Waals surface area contributed by atoms with E-state index in [1.807, 2.05) is 0 Å². The van der Waals surface area contributed by atoms with E-state index in [0.29, 0.717) is 18.7 Å². The number of carboxylic acid groups (broad SMARTS) is 1. The first kappa shape index (κ1) is 12.6. The van der Waals surface area contributed by atoms with E-state index in [1.165, 1.54) is 10.9 Å². The van der Waals surface area contributed by atoms with E-state index < -0.39 is 12.0 Å². The molecular formula is C11H18N4O3. The van der Waals surface area contributed by atoms with Crippen LogP contribution in [0.2, 0.25) is 0 Å². The number of amides is 1. The molecule has 100 valence electrons. The Morgan fingerprint density at radius 1 is 1.72 bits per heavy atom. The molecule has 0 bridgehead atoms. The van der Waals surface area contributed by atoms with E-state index in [1.54, 1.807) is 6.20 Å². The molecule has 0 saturated carbocycles. The molecule has 0 fully saturated rings. The highest BCUT2D eigenvalue weighted by atomic mass is 16.4. The maximum absolute atomic E-state index is 11.5. The number of aliphatic carboxylic acids is 1. The fourth-order valence-electron chi connectivity index (χ4n) is 1.45. The van der Waals surface area contributed by atoms with Crippen LogP contribution in [0.15, 0.2) is 12.5 Å². The monoisotopic (exact) mass is 255 g/mol. The summed E-state index contributed by atoms with van der Waals surface area (Å²) in [5.74, 6) is -1.45. The van der Waals surface area contributed by atoms with Gasteiger partial charge in [0.1, 0.15) is 6.04 Å². The summed E-state index contributed by atoms with van der Waals surface area (Å²) >= 11 is 0. The van der Waals surface area contributed by atoms with Gasteiger partial charge in [0.2, 0.25) is 5.91 Å². The fraction of sp³-hybridized carbons (Fsp3) is 0.545. The van der Waals surface area contributed by atoms with Crippen LogP contribution in [0, 0.1) is 0 Å². The Morgan fingerprint density at radius 3 is 3.06 bits per heavy atom. The van der Waals surface area contributed by atoms with Crippen LogP contribution in [0.25, 0.3) is 0 Å². The molecule has 0 radical (unpaired) electrons. The van der Waals surface area contributed by atoms with Gasteiger partial charge < -0.3 is 20.7 Å². The van der Waals surface area contributed by atoms with Crippen LogP contribution >= 0.6 is 0 Å². The lowest BCUT2D eigenvalue weighted by Crippen LogP contribution is -2.42. The fourth-order valence-corrected chi connectivity index (χ4v) is 1.45. The second-order valence-corrected chi connectivity index (χ2v) is 3.93. The van der Waals surface area contributed by atoms with Crippen LogP contribution in [0.4, 0.5) is 0 Å². The lowest BCUT2D eigenvalue weighted by molar-refractivity contribution is -0.141. The summed E-state index contributed by atoms with van der Waals surface area (Å²) in [7, 11) is 0.0214. The van der Waals surface area contributed by atoms with Gasteiger partial charge in [0.25, 0.3) is 0 Å². The third kappa shape index (κ3) is 4.54. The summed E-state index contributed by atoms with van der Waals surface area (Å²) in [6.07, 6.45) is 3.87. The number of carbonyl (C=O) groups excluding carboxylic acids is 1. The Morgan fingerprint density at radius 2 is 2.50 bits per heavy atom. The van der Waals surface area contributed by atoms with E-state index in [9.17, 15) is 9.59 Å². The van der Waals surface area contributed by atoms with Crippen molar-refractivity contribution in [3.05, 3.63) is 18.2 Å². The van der Waals surface area contributed by atoms with Crippen LogP contribution in [0.1, 0.15) is 19.9 Å². The number of carboxylic acids is 1. The lowest BCUT2D eigenvalue weighted by atomic mass is 10.1. The number of hydrogen-bond donors (Lipinski definition) is 3. The molecule has 0 spiro atoms. The first-order valence-electron chi connectivity index (χ1n) is 6.29. The van der Waals surface area contributed by atoms with Crippen molar-refractivity contribution >= 4 is 11.9 Å². The molecule has 0 aromatic carbocycles. The molecule has 0 unspecified atom stereocenters. The van der Waals surface area contributed by atoms with E-state index >= 15 is 0 Å². The van der Waals surface area contributed by atoms with E-state index in [0.717, 1.165) is 0 Å². The summed E-state index contributed by atoms with van der Waals surface area (Å²) in [5, 5.41) is 11.5. The molecule has 4 N–H and O–H groups in total. The van der Waals surface area contributed by atoms with Crippen LogP contribution in [-0.4, -0.2) is 39.1 Å². The van der Waals surface area contributed by atoms with Gasteiger partial charge in [-0.05, 0) is 13.0 Å². The topological polar surface area (TPSA) is 110 Å². The zero-order valence-electron chi connectivity index (χ0n) is 11.0. The molecule has 0 aliphatic carbocycles. The molecule has 1 amide bonds. The van der Waals surface area contributed by atoms with Gasteiger partial charge in [-0.3, -0.25) is 4.79 Å². The largest absolute Gasteiger partial charge is 0.480 e. The third-order valence-electron chi connectivity index (χ3n) is 2.34. The Bertz CT molecular complexity index is 435. The number of aryl methyl sites for hydroxylation is 1. The van der Waals surface area contributed by atoms with Crippen molar-refractivity contribution in [1.29, 1.82) is 0 Å². The van der Waals surface area contributed by atoms with Crippen molar-refractivity contribution in [2.75, 3.05) is 6.54 Å². The summed E-state index contributed by atoms with van der Waals surface area (Å²) in [6, 6.07) is -1.01. The minimum atomic E-state index is -1.11. The van der Waals surface area contributed by atoms with E-state index in [-0.39, 0.29) is 25.8 Å². The Kier molecular flexibility index (Phi) is 4.71. The van der Waals surface area contributed by atoms with Crippen molar-refractivity contribution in [2.24, 2.45) is 12.8 Å². The molecule has 0 aliphatic rings. The van der Waals surface area contributed by atoms with Gasteiger partial charge in [0.15, 0.2) is 0 Å². The van der Waals surface area contributed by atoms with Crippen LogP contribution in [0.5, 0.6) is 0 Å². The van der Waals surface area contributed by atoms with E-state index in [2.05, 4.69) is 10.3 Å². The smallest absolute Gasteiger partial charge is 0.326 e. The standard InChI is InChI=1S/C11H18N4O3/c1-15-6-8(13-7-15)5-9(11(17)18)14-10(16)3-2-4-12/h6-7,9H,2-5,12H2,1H3,(H,14,16)(H,17,18)/t9-/m0/s1/i1D. The zero-order valence-corrected chi connectivity index (χ0v) is 10.0. The molecule has 7 heteroatoms. The van der Waals surface area contributed by atoms with E-state index in [4.69, 9.17) is 12.2 Å². The number of aromatic nitrogens is 2. The number of carbonyl (C=O) groups is 2. The predicted octanol–water partition coefficient (Wildman–Crippen LogP) is -0.729. The highest BCUT2D eigenvalue weighted by molar-refractivity contribution is 5.83. The summed E-state index contributed by atoms with van der Waals surface area (Å²) in [6.45, 7) is 0.388. The second kappa shape index (κ2) is 6.75. The lowest BCUT2D eigenvalue weighted by Gasteiger charge is -2.13. The van der Waals surface area contributed by atoms with Crippen molar-refractivity contribution in [2.45, 2.75) is 25.3 Å². The van der Waals surface area contributed by atoms with Gasteiger partial charge in [0.05, 0.1) is 12.0 Å². The molecular weight excluding hydrogens is 236 g/mol. The van der Waals surface area contributed by atoms with Gasteiger partial charge in [-0.15, -0.1) is 0 Å². The maximum atomic E-state index is 11.5. The Hall–Kier alpha value is -1.89. The van der Waals surface area contributed by atoms with Crippen LogP contribution < -0.4 is 11.1 Å². The molecule has 18 heavy (non-hydrogen) atoms. The first-order chi connectivity index (χ1) is 9.06. The number of nitrogens with one attached hydrogen (secondary N) is 1. The molecule has 1 atom stereocenters. The molecule has 1 aromatic rings. The molecule has 7 nitrogen and oxygen atoms in total. The highest BCUT2D eigenvalue weighted by Crippen LogP contribution is 2.01. The van der Waals surface area contributed by atoms with Crippen molar-refractivity contribution in [1.82, 2.24) is 14.9 Å². The summed E-state index contributed by atoms with van der Waals surface area (Å²) in [5.41, 5.74) is 5.81. The quantitative estimate of drug-likeness (QED) is 0.595. The van der Waals surface area contributed by atoms with Crippen molar-refractivity contribution in [3.63, 3.8) is 0 Å². The third-order valence-corrected chi connectivity index (χ3v) is 2.34. The minimum Gasteiger partial charge on any atom is -0.480 e. The number of nitrogens with zero attached hydrogens (tertiary/aromatic N) is 2. The summed E-state index contributed by atoms with van der Waals surface area (Å²) < 4.78 is 8.66. The Labute approximate surface area is 106 Å². The zero-order chi connectivity index (χ0) is 14.3. The Balaban J connectivity index is 2.57.